The molecule has 0 aliphatic carbocycles. The van der Waals surface area contributed by atoms with Crippen molar-refractivity contribution >= 4 is 11.8 Å². The number of carbonyl (C=O) groups is 2. The number of aromatic nitrogens is 1. The van der Waals surface area contributed by atoms with E-state index in [4.69, 9.17) is 4.74 Å². The molecule has 2 rings (SSSR count). The molecule has 1 aromatic rings. The highest BCUT2D eigenvalue weighted by molar-refractivity contribution is 5.99. The topological polar surface area (TPSA) is 83.6 Å². The smallest absolute Gasteiger partial charge is 0.258 e. The zero-order chi connectivity index (χ0) is 15.2. The second-order valence-corrected chi connectivity index (χ2v) is 4.69. The van der Waals surface area contributed by atoms with Crippen LogP contribution >= 0.6 is 0 Å². The highest BCUT2D eigenvalue weighted by Crippen LogP contribution is 2.19. The molecule has 0 aromatic carbocycles. The summed E-state index contributed by atoms with van der Waals surface area (Å²) >= 11 is 0. The third kappa shape index (κ3) is 3.30. The van der Waals surface area contributed by atoms with E-state index >= 15 is 0 Å². The Balaban J connectivity index is 2.24. The van der Waals surface area contributed by atoms with Crippen LogP contribution in [-0.2, 0) is 4.79 Å². The lowest BCUT2D eigenvalue weighted by Gasteiger charge is -2.35. The molecule has 7 heteroatoms. The summed E-state index contributed by atoms with van der Waals surface area (Å²) in [4.78, 5) is 30.3. The number of pyridine rings is 1. The number of hydrogen-bond donors (Lipinski definition) is 2. The van der Waals surface area contributed by atoms with Gasteiger partial charge in [0.05, 0.1) is 18.9 Å². The number of rotatable bonds is 4. The molecule has 1 aliphatic heterocycles. The lowest BCUT2D eigenvalue weighted by Crippen LogP contribution is -2.59. The Kier molecular flexibility index (Phi) is 5.10. The molecular formula is C14H20N4O3. The fourth-order valence-electron chi connectivity index (χ4n) is 2.35. The Morgan fingerprint density at radius 2 is 2.38 bits per heavy atom. The number of piperazine rings is 1. The van der Waals surface area contributed by atoms with E-state index < -0.39 is 6.04 Å². The van der Waals surface area contributed by atoms with Gasteiger partial charge in [0.1, 0.15) is 11.8 Å². The molecule has 114 valence electrons. The molecule has 2 N–H and O–H groups in total. The van der Waals surface area contributed by atoms with Crippen molar-refractivity contribution < 1.29 is 14.3 Å². The van der Waals surface area contributed by atoms with E-state index in [0.29, 0.717) is 37.5 Å². The molecule has 0 saturated carbocycles. The number of nitrogens with zero attached hydrogens (tertiary/aromatic N) is 2. The van der Waals surface area contributed by atoms with Crippen LogP contribution in [0.2, 0.25) is 0 Å². The quantitative estimate of drug-likeness (QED) is 0.792. The molecule has 1 aromatic heterocycles. The Morgan fingerprint density at radius 1 is 1.57 bits per heavy atom. The zero-order valence-electron chi connectivity index (χ0n) is 12.3. The van der Waals surface area contributed by atoms with Gasteiger partial charge >= 0.3 is 0 Å². The van der Waals surface area contributed by atoms with Crippen LogP contribution in [0.25, 0.3) is 0 Å². The fourth-order valence-corrected chi connectivity index (χ4v) is 2.35. The van der Waals surface area contributed by atoms with E-state index in [1.807, 2.05) is 6.92 Å². The van der Waals surface area contributed by atoms with Gasteiger partial charge in [0.2, 0.25) is 5.91 Å². The Bertz CT molecular complexity index is 521. The summed E-state index contributed by atoms with van der Waals surface area (Å²) in [6.07, 6.45) is 3.04. The van der Waals surface area contributed by atoms with Gasteiger partial charge in [-0.05, 0) is 13.0 Å². The molecule has 1 atom stereocenters. The van der Waals surface area contributed by atoms with Gasteiger partial charge in [-0.3, -0.25) is 14.6 Å². The lowest BCUT2D eigenvalue weighted by atomic mass is 10.1. The molecule has 0 bridgehead atoms. The molecule has 1 aliphatic rings. The molecule has 1 unspecified atom stereocenters. The summed E-state index contributed by atoms with van der Waals surface area (Å²) in [5.74, 6) is 0.0498. The van der Waals surface area contributed by atoms with Crippen LogP contribution in [0.1, 0.15) is 17.3 Å². The van der Waals surface area contributed by atoms with Crippen molar-refractivity contribution in [1.82, 2.24) is 20.5 Å². The average Bonchev–Trinajstić information content (AvgIpc) is 2.54. The highest BCUT2D eigenvalue weighted by Gasteiger charge is 2.33. The number of nitrogens with one attached hydrogen (secondary N) is 2. The van der Waals surface area contributed by atoms with Crippen LogP contribution < -0.4 is 15.4 Å². The van der Waals surface area contributed by atoms with E-state index in [9.17, 15) is 9.59 Å². The van der Waals surface area contributed by atoms with Crippen molar-refractivity contribution in [2.24, 2.45) is 0 Å². The first kappa shape index (κ1) is 15.2. The first-order valence-electron chi connectivity index (χ1n) is 6.96. The fraction of sp³-hybridized carbons (Fsp3) is 0.500. The number of methoxy groups -OCH3 is 1. The van der Waals surface area contributed by atoms with Gasteiger partial charge in [0.15, 0.2) is 0 Å². The number of ether oxygens (including phenoxy) is 1. The molecule has 0 radical (unpaired) electrons. The van der Waals surface area contributed by atoms with Crippen molar-refractivity contribution in [3.05, 3.63) is 24.0 Å². The van der Waals surface area contributed by atoms with Crippen molar-refractivity contribution in [3.8, 4) is 5.75 Å². The monoisotopic (exact) mass is 292 g/mol. The normalized spacial score (nSPS) is 18.2. The lowest BCUT2D eigenvalue weighted by molar-refractivity contribution is -0.126. The summed E-state index contributed by atoms with van der Waals surface area (Å²) in [5.41, 5.74) is 0.420. The maximum atomic E-state index is 12.7. The Hall–Kier alpha value is -2.15. The standard InChI is InChI=1S/C14H20N4O3/c1-3-17-13(19)11-8-16-6-7-18(11)14(20)10-4-5-15-9-12(10)21-2/h4-5,9,11,16H,3,6-8H2,1-2H3,(H,17,19). The first-order valence-corrected chi connectivity index (χ1v) is 6.96. The van der Waals surface area contributed by atoms with Gasteiger partial charge < -0.3 is 20.3 Å². The highest BCUT2D eigenvalue weighted by atomic mass is 16.5. The summed E-state index contributed by atoms with van der Waals surface area (Å²) < 4.78 is 5.17. The summed E-state index contributed by atoms with van der Waals surface area (Å²) in [7, 11) is 1.49. The minimum atomic E-state index is -0.510. The van der Waals surface area contributed by atoms with Crippen LogP contribution in [0.5, 0.6) is 5.75 Å². The summed E-state index contributed by atoms with van der Waals surface area (Å²) in [6.45, 7) is 3.98. The van der Waals surface area contributed by atoms with Gasteiger partial charge in [-0.2, -0.15) is 0 Å². The number of carbonyl (C=O) groups excluding carboxylic acids is 2. The van der Waals surface area contributed by atoms with Crippen LogP contribution in [0.3, 0.4) is 0 Å². The maximum absolute atomic E-state index is 12.7. The third-order valence-electron chi connectivity index (χ3n) is 3.39. The summed E-state index contributed by atoms with van der Waals surface area (Å²) in [5, 5.41) is 5.90. The Morgan fingerprint density at radius 3 is 3.10 bits per heavy atom. The molecule has 7 nitrogen and oxygen atoms in total. The Labute approximate surface area is 123 Å². The number of hydrogen-bond acceptors (Lipinski definition) is 5. The number of likely N-dealkylation sites (N-methyl/N-ethyl adjacent to an activating group) is 1. The SMILES string of the molecule is CCNC(=O)C1CNCCN1C(=O)c1ccncc1OC. The van der Waals surface area contributed by atoms with Gasteiger partial charge in [-0.25, -0.2) is 0 Å². The van der Waals surface area contributed by atoms with Crippen LogP contribution in [0.15, 0.2) is 18.5 Å². The van der Waals surface area contributed by atoms with Gasteiger partial charge in [-0.1, -0.05) is 0 Å². The molecule has 1 fully saturated rings. The van der Waals surface area contributed by atoms with E-state index in [-0.39, 0.29) is 11.8 Å². The molecule has 0 spiro atoms. The van der Waals surface area contributed by atoms with E-state index in [0.717, 1.165) is 0 Å². The van der Waals surface area contributed by atoms with Gasteiger partial charge in [-0.15, -0.1) is 0 Å². The zero-order valence-corrected chi connectivity index (χ0v) is 12.3. The number of amides is 2. The molecule has 2 amide bonds. The van der Waals surface area contributed by atoms with Gasteiger partial charge in [0.25, 0.3) is 5.91 Å². The van der Waals surface area contributed by atoms with Crippen LogP contribution in [0.4, 0.5) is 0 Å². The second kappa shape index (κ2) is 7.03. The predicted octanol–water partition coefficient (Wildman–Crippen LogP) is -0.360. The van der Waals surface area contributed by atoms with E-state index in [1.165, 1.54) is 13.3 Å². The molecule has 21 heavy (non-hydrogen) atoms. The minimum Gasteiger partial charge on any atom is -0.494 e. The van der Waals surface area contributed by atoms with Crippen molar-refractivity contribution in [2.45, 2.75) is 13.0 Å². The third-order valence-corrected chi connectivity index (χ3v) is 3.39. The first-order chi connectivity index (χ1) is 10.2. The maximum Gasteiger partial charge on any atom is 0.258 e. The van der Waals surface area contributed by atoms with Crippen molar-refractivity contribution in [2.75, 3.05) is 33.3 Å². The molecule has 1 saturated heterocycles. The van der Waals surface area contributed by atoms with Crippen molar-refractivity contribution in [3.63, 3.8) is 0 Å². The average molecular weight is 292 g/mol. The molecule has 2 heterocycles. The van der Waals surface area contributed by atoms with Gasteiger partial charge in [0, 0.05) is 32.4 Å². The van der Waals surface area contributed by atoms with Crippen LogP contribution in [-0.4, -0.2) is 61.0 Å². The second-order valence-electron chi connectivity index (χ2n) is 4.69. The van der Waals surface area contributed by atoms with Crippen molar-refractivity contribution in [1.29, 1.82) is 0 Å². The molecular weight excluding hydrogens is 272 g/mol. The minimum absolute atomic E-state index is 0.147. The largest absolute Gasteiger partial charge is 0.494 e. The van der Waals surface area contributed by atoms with E-state index in [2.05, 4.69) is 15.6 Å². The van der Waals surface area contributed by atoms with E-state index in [1.54, 1.807) is 17.2 Å². The summed E-state index contributed by atoms with van der Waals surface area (Å²) in [6, 6.07) is 1.10. The van der Waals surface area contributed by atoms with Crippen LogP contribution in [0, 0.1) is 0 Å². The predicted molar refractivity (Wildman–Crippen MR) is 77.2 cm³/mol.